The molecule has 1 aliphatic rings. The molecule has 0 spiro atoms. The molecule has 3 heteroatoms. The lowest BCUT2D eigenvalue weighted by Crippen LogP contribution is -2.37. The van der Waals surface area contributed by atoms with Crippen LogP contribution in [0.25, 0.3) is 22.4 Å². The van der Waals surface area contributed by atoms with Gasteiger partial charge in [-0.05, 0) is 42.5 Å². The highest BCUT2D eigenvalue weighted by Crippen LogP contribution is 2.38. The number of halogens is 1. The topological polar surface area (TPSA) is 8.17 Å². The van der Waals surface area contributed by atoms with Crippen molar-refractivity contribution in [2.24, 2.45) is 0 Å². The molecule has 0 unspecified atom stereocenters. The first-order valence-electron chi connectivity index (χ1n) is 10.5. The van der Waals surface area contributed by atoms with Crippen LogP contribution in [0.15, 0.2) is 60.7 Å². The molecule has 0 atom stereocenters. The summed E-state index contributed by atoms with van der Waals surface area (Å²) in [5, 5.41) is 2.53. The van der Waals surface area contributed by atoms with E-state index in [0.29, 0.717) is 5.92 Å². The van der Waals surface area contributed by atoms with Crippen LogP contribution in [0, 0.1) is 5.82 Å². The summed E-state index contributed by atoms with van der Waals surface area (Å²) in [7, 11) is 0. The van der Waals surface area contributed by atoms with Crippen molar-refractivity contribution in [3.8, 4) is 22.4 Å². The van der Waals surface area contributed by atoms with E-state index in [2.05, 4.69) is 59.9 Å². The van der Waals surface area contributed by atoms with E-state index in [9.17, 15) is 4.39 Å². The minimum absolute atomic E-state index is 0.193. The van der Waals surface area contributed by atoms with Gasteiger partial charge in [0.05, 0.1) is 5.69 Å². The zero-order chi connectivity index (χ0) is 19.5. The number of rotatable bonds is 4. The fraction of sp³-hybridized carbons (Fsp3) is 0.360. The van der Waals surface area contributed by atoms with Gasteiger partial charge in [-0.15, -0.1) is 0 Å². The molecule has 1 aromatic heterocycles. The summed E-state index contributed by atoms with van der Waals surface area (Å²) in [6.45, 7) is 6.67. The molecular formula is C25H29FN2. The fourth-order valence-corrected chi connectivity index (χ4v) is 4.21. The molecule has 0 aliphatic carbocycles. The lowest BCUT2D eigenvalue weighted by atomic mass is 10.0. The first-order valence-corrected chi connectivity index (χ1v) is 10.5. The number of hydrogen-bond donors (Lipinski definition) is 0. The third-order valence-corrected chi connectivity index (χ3v) is 5.66. The molecule has 1 fully saturated rings. The van der Waals surface area contributed by atoms with E-state index < -0.39 is 0 Å². The van der Waals surface area contributed by atoms with Gasteiger partial charge in [-0.3, -0.25) is 4.68 Å². The highest BCUT2D eigenvalue weighted by Gasteiger charge is 2.24. The molecule has 2 nitrogen and oxygen atoms in total. The Kier molecular flexibility index (Phi) is 5.52. The monoisotopic (exact) mass is 376 g/mol. The third kappa shape index (κ3) is 3.71. The average Bonchev–Trinajstić information content (AvgIpc) is 2.91. The molecule has 4 rings (SSSR count). The van der Waals surface area contributed by atoms with Gasteiger partial charge in [0.2, 0.25) is 0 Å². The van der Waals surface area contributed by atoms with Crippen molar-refractivity contribution in [3.05, 3.63) is 72.2 Å². The van der Waals surface area contributed by atoms with Gasteiger partial charge in [-0.25, -0.2) is 4.39 Å². The van der Waals surface area contributed by atoms with Crippen molar-refractivity contribution in [1.82, 2.24) is 4.68 Å². The Bertz CT molecular complexity index is 902. The summed E-state index contributed by atoms with van der Waals surface area (Å²) < 4.78 is 16.0. The van der Waals surface area contributed by atoms with Crippen molar-refractivity contribution in [2.75, 3.05) is 18.1 Å². The normalized spacial score (nSPS) is 15.1. The molecule has 0 saturated carbocycles. The van der Waals surface area contributed by atoms with E-state index in [1.807, 2.05) is 12.1 Å². The van der Waals surface area contributed by atoms with Crippen LogP contribution in [-0.4, -0.2) is 17.8 Å². The van der Waals surface area contributed by atoms with Crippen LogP contribution in [-0.2, 0) is 0 Å². The predicted molar refractivity (Wildman–Crippen MR) is 116 cm³/mol. The lowest BCUT2D eigenvalue weighted by Gasteiger charge is -2.30. The van der Waals surface area contributed by atoms with Gasteiger partial charge in [-0.1, -0.05) is 69.2 Å². The van der Waals surface area contributed by atoms with E-state index >= 15 is 0 Å². The van der Waals surface area contributed by atoms with Crippen LogP contribution >= 0.6 is 0 Å². The van der Waals surface area contributed by atoms with Crippen LogP contribution in [0.5, 0.6) is 0 Å². The Morgan fingerprint density at radius 2 is 1.43 bits per heavy atom. The van der Waals surface area contributed by atoms with Gasteiger partial charge in [0.15, 0.2) is 0 Å². The average molecular weight is 377 g/mol. The van der Waals surface area contributed by atoms with Crippen LogP contribution in [0.4, 0.5) is 4.39 Å². The summed E-state index contributed by atoms with van der Waals surface area (Å²) in [5.41, 5.74) is 5.99. The quantitative estimate of drug-likeness (QED) is 0.498. The SMILES string of the molecule is CC(C)c1cc(-c2ccc(F)cc2)c(-c2ccccc2)n1N1CCCCCC1. The Morgan fingerprint density at radius 3 is 2.04 bits per heavy atom. The van der Waals surface area contributed by atoms with Gasteiger partial charge in [0.1, 0.15) is 5.82 Å². The summed E-state index contributed by atoms with van der Waals surface area (Å²) >= 11 is 0. The van der Waals surface area contributed by atoms with Gasteiger partial charge >= 0.3 is 0 Å². The smallest absolute Gasteiger partial charge is 0.123 e. The second kappa shape index (κ2) is 8.22. The van der Waals surface area contributed by atoms with Crippen molar-refractivity contribution in [2.45, 2.75) is 45.4 Å². The number of aromatic nitrogens is 1. The van der Waals surface area contributed by atoms with E-state index in [4.69, 9.17) is 0 Å². The number of benzene rings is 2. The Hall–Kier alpha value is -2.55. The maximum absolute atomic E-state index is 13.6. The van der Waals surface area contributed by atoms with Crippen molar-refractivity contribution >= 4 is 0 Å². The fourth-order valence-electron chi connectivity index (χ4n) is 4.21. The highest BCUT2D eigenvalue weighted by molar-refractivity contribution is 5.83. The van der Waals surface area contributed by atoms with E-state index in [1.54, 1.807) is 12.1 Å². The molecule has 1 saturated heterocycles. The van der Waals surface area contributed by atoms with Crippen LogP contribution in [0.2, 0.25) is 0 Å². The maximum Gasteiger partial charge on any atom is 0.123 e. The van der Waals surface area contributed by atoms with Crippen LogP contribution in [0.1, 0.15) is 51.1 Å². The van der Waals surface area contributed by atoms with Crippen LogP contribution in [0.3, 0.4) is 0 Å². The molecule has 0 radical (unpaired) electrons. The van der Waals surface area contributed by atoms with Crippen molar-refractivity contribution in [1.29, 1.82) is 0 Å². The molecule has 28 heavy (non-hydrogen) atoms. The largest absolute Gasteiger partial charge is 0.313 e. The third-order valence-electron chi connectivity index (χ3n) is 5.66. The molecule has 0 N–H and O–H groups in total. The van der Waals surface area contributed by atoms with E-state index in [-0.39, 0.29) is 5.82 Å². The van der Waals surface area contributed by atoms with Gasteiger partial charge in [0.25, 0.3) is 0 Å². The summed E-state index contributed by atoms with van der Waals surface area (Å²) in [6, 6.07) is 19.8. The number of nitrogens with zero attached hydrogens (tertiary/aromatic N) is 2. The predicted octanol–water partition coefficient (Wildman–Crippen LogP) is 6.60. The molecule has 2 aromatic carbocycles. The van der Waals surface area contributed by atoms with E-state index in [0.717, 1.165) is 18.7 Å². The lowest BCUT2D eigenvalue weighted by molar-refractivity contribution is 0.563. The zero-order valence-electron chi connectivity index (χ0n) is 16.9. The maximum atomic E-state index is 13.6. The van der Waals surface area contributed by atoms with E-state index in [1.165, 1.54) is 48.2 Å². The minimum atomic E-state index is -0.193. The first-order chi connectivity index (χ1) is 13.6. The molecule has 2 heterocycles. The zero-order valence-corrected chi connectivity index (χ0v) is 16.9. The Morgan fingerprint density at radius 1 is 0.786 bits per heavy atom. The summed E-state index contributed by atoms with van der Waals surface area (Å²) in [6.07, 6.45) is 5.08. The van der Waals surface area contributed by atoms with Crippen molar-refractivity contribution < 1.29 is 4.39 Å². The van der Waals surface area contributed by atoms with Gasteiger partial charge in [-0.2, -0.15) is 0 Å². The molecule has 0 amide bonds. The summed E-state index contributed by atoms with van der Waals surface area (Å²) in [4.78, 5) is 0. The molecule has 146 valence electrons. The second-order valence-corrected chi connectivity index (χ2v) is 8.04. The molecular weight excluding hydrogens is 347 g/mol. The molecule has 0 bridgehead atoms. The standard InChI is InChI=1S/C25H29FN2/c1-19(2)24-18-23(20-12-14-22(26)15-13-20)25(21-10-6-5-7-11-21)28(24)27-16-8-3-4-9-17-27/h5-7,10-15,18-19H,3-4,8-9,16-17H2,1-2H3. The Labute approximate surface area is 167 Å². The number of hydrogen-bond acceptors (Lipinski definition) is 1. The minimum Gasteiger partial charge on any atom is -0.313 e. The molecule has 3 aromatic rings. The van der Waals surface area contributed by atoms with Gasteiger partial charge < -0.3 is 5.01 Å². The Balaban J connectivity index is 1.95. The second-order valence-electron chi connectivity index (χ2n) is 8.04. The van der Waals surface area contributed by atoms with Gasteiger partial charge in [0, 0.05) is 29.9 Å². The van der Waals surface area contributed by atoms with Crippen LogP contribution < -0.4 is 5.01 Å². The van der Waals surface area contributed by atoms with Crippen molar-refractivity contribution in [3.63, 3.8) is 0 Å². The molecule has 1 aliphatic heterocycles. The summed E-state index contributed by atoms with van der Waals surface area (Å²) in [5.74, 6) is 0.209. The highest BCUT2D eigenvalue weighted by atomic mass is 19.1. The first kappa shape index (κ1) is 18.8.